The summed E-state index contributed by atoms with van der Waals surface area (Å²) >= 11 is 0. The number of aliphatic hydroxyl groups excluding tert-OH is 1. The third kappa shape index (κ3) is 3.37. The summed E-state index contributed by atoms with van der Waals surface area (Å²) in [6, 6.07) is 4.38. The van der Waals surface area contributed by atoms with Crippen LogP contribution in [0.1, 0.15) is 24.2 Å². The molecule has 1 aromatic carbocycles. The largest absolute Gasteiger partial charge is 0.394 e. The van der Waals surface area contributed by atoms with Gasteiger partial charge in [0.1, 0.15) is 12.0 Å². The van der Waals surface area contributed by atoms with Crippen LogP contribution in [0.25, 0.3) is 0 Å². The van der Waals surface area contributed by atoms with Crippen molar-refractivity contribution in [2.75, 3.05) is 24.6 Å². The summed E-state index contributed by atoms with van der Waals surface area (Å²) in [6.07, 6.45) is 0.176. The summed E-state index contributed by atoms with van der Waals surface area (Å²) in [5, 5.41) is 20.5. The highest BCUT2D eigenvalue weighted by atomic mass is 16.6. The molecule has 0 spiro atoms. The number of hydrogen-bond acceptors (Lipinski definition) is 6. The summed E-state index contributed by atoms with van der Waals surface area (Å²) in [5.41, 5.74) is 0.0501. The number of rotatable bonds is 4. The minimum absolute atomic E-state index is 0.117. The molecule has 0 radical (unpaired) electrons. The molecule has 0 bridgehead atoms. The van der Waals surface area contributed by atoms with Crippen molar-refractivity contribution in [2.45, 2.75) is 25.6 Å². The highest BCUT2D eigenvalue weighted by Gasteiger charge is 2.35. The first kappa shape index (κ1) is 15.4. The van der Waals surface area contributed by atoms with Gasteiger partial charge in [-0.1, -0.05) is 0 Å². The predicted octanol–water partition coefficient (Wildman–Crippen LogP) is 1.38. The molecule has 1 aliphatic heterocycles. The van der Waals surface area contributed by atoms with Crippen molar-refractivity contribution in [3.8, 4) is 0 Å². The van der Waals surface area contributed by atoms with Gasteiger partial charge in [-0.25, -0.2) is 0 Å². The maximum Gasteiger partial charge on any atom is 0.293 e. The van der Waals surface area contributed by atoms with E-state index in [1.165, 1.54) is 6.07 Å². The molecule has 1 fully saturated rings. The molecule has 1 aromatic rings. The van der Waals surface area contributed by atoms with E-state index in [1.807, 2.05) is 18.7 Å². The Hall–Kier alpha value is -1.99. The topological polar surface area (TPSA) is 92.9 Å². The Balaban J connectivity index is 2.40. The maximum atomic E-state index is 11.2. The van der Waals surface area contributed by atoms with Crippen molar-refractivity contribution in [1.29, 1.82) is 0 Å². The Morgan fingerprint density at radius 1 is 1.57 bits per heavy atom. The maximum absolute atomic E-state index is 11.2. The van der Waals surface area contributed by atoms with Crippen molar-refractivity contribution >= 4 is 17.7 Å². The number of hydrogen-bond donors (Lipinski definition) is 1. The molecule has 2 rings (SSSR count). The lowest BCUT2D eigenvalue weighted by atomic mass is 10.0. The minimum Gasteiger partial charge on any atom is -0.394 e. The van der Waals surface area contributed by atoms with Crippen molar-refractivity contribution in [2.24, 2.45) is 0 Å². The monoisotopic (exact) mass is 294 g/mol. The van der Waals surface area contributed by atoms with E-state index in [2.05, 4.69) is 0 Å². The average Bonchev–Trinajstić information content (AvgIpc) is 2.44. The quantitative estimate of drug-likeness (QED) is 0.512. The van der Waals surface area contributed by atoms with Gasteiger partial charge in [0.15, 0.2) is 0 Å². The number of nitro benzene ring substituents is 1. The van der Waals surface area contributed by atoms with E-state index in [4.69, 9.17) is 4.74 Å². The molecule has 0 aliphatic carbocycles. The SMILES string of the molecule is CC1(C)CN(c2ccc(C=O)cc2[N+](=O)[O-])CC(CO)O1. The van der Waals surface area contributed by atoms with Gasteiger partial charge in [0, 0.05) is 24.7 Å². The molecule has 7 heteroatoms. The number of ether oxygens (including phenoxy) is 1. The summed E-state index contributed by atoms with van der Waals surface area (Å²) in [6.45, 7) is 4.41. The molecule has 0 aromatic heterocycles. The van der Waals surface area contributed by atoms with Crippen LogP contribution < -0.4 is 4.90 Å². The number of benzene rings is 1. The van der Waals surface area contributed by atoms with E-state index in [9.17, 15) is 20.0 Å². The highest BCUT2D eigenvalue weighted by molar-refractivity contribution is 5.79. The number of nitrogens with zero attached hydrogens (tertiary/aromatic N) is 2. The molecule has 21 heavy (non-hydrogen) atoms. The zero-order valence-electron chi connectivity index (χ0n) is 12.0. The van der Waals surface area contributed by atoms with Gasteiger partial charge in [-0.3, -0.25) is 14.9 Å². The summed E-state index contributed by atoms with van der Waals surface area (Å²) < 4.78 is 5.70. The molecule has 7 nitrogen and oxygen atoms in total. The molecule has 0 amide bonds. The van der Waals surface area contributed by atoms with E-state index in [1.54, 1.807) is 12.1 Å². The van der Waals surface area contributed by atoms with Gasteiger partial charge < -0.3 is 14.7 Å². The molecule has 1 aliphatic rings. The third-order valence-electron chi connectivity index (χ3n) is 3.36. The van der Waals surface area contributed by atoms with Crippen LogP contribution in [-0.2, 0) is 4.74 Å². The lowest BCUT2D eigenvalue weighted by molar-refractivity contribution is -0.384. The van der Waals surface area contributed by atoms with E-state index >= 15 is 0 Å². The van der Waals surface area contributed by atoms with E-state index in [-0.39, 0.29) is 17.9 Å². The van der Waals surface area contributed by atoms with Crippen LogP contribution in [0.2, 0.25) is 0 Å². The molecule has 1 atom stereocenters. The average molecular weight is 294 g/mol. The van der Waals surface area contributed by atoms with Crippen LogP contribution in [0.4, 0.5) is 11.4 Å². The molecular formula is C14H18N2O5. The highest BCUT2D eigenvalue weighted by Crippen LogP contribution is 2.33. The van der Waals surface area contributed by atoms with Gasteiger partial charge in [0.25, 0.3) is 5.69 Å². The standard InChI is InChI=1S/C14H18N2O5/c1-14(2)9-15(6-11(8-18)21-14)12-4-3-10(7-17)5-13(12)16(19)20/h3-5,7,11,18H,6,8-9H2,1-2H3. The van der Waals surface area contributed by atoms with Gasteiger partial charge in [0.05, 0.1) is 23.2 Å². The smallest absolute Gasteiger partial charge is 0.293 e. The van der Waals surface area contributed by atoms with E-state index in [0.717, 1.165) is 0 Å². The van der Waals surface area contributed by atoms with Crippen LogP contribution in [0.15, 0.2) is 18.2 Å². The number of aldehydes is 1. The number of nitro groups is 1. The number of carbonyl (C=O) groups is 1. The van der Waals surface area contributed by atoms with Crippen molar-refractivity contribution in [3.05, 3.63) is 33.9 Å². The Bertz CT molecular complexity index is 558. The van der Waals surface area contributed by atoms with Crippen molar-refractivity contribution in [3.63, 3.8) is 0 Å². The van der Waals surface area contributed by atoms with Gasteiger partial charge in [0.2, 0.25) is 0 Å². The van der Waals surface area contributed by atoms with Crippen LogP contribution in [0.3, 0.4) is 0 Å². The Morgan fingerprint density at radius 3 is 2.86 bits per heavy atom. The Labute approximate surface area is 122 Å². The fourth-order valence-electron chi connectivity index (χ4n) is 2.60. The van der Waals surface area contributed by atoms with Gasteiger partial charge >= 0.3 is 0 Å². The zero-order valence-corrected chi connectivity index (χ0v) is 12.0. The lowest BCUT2D eigenvalue weighted by Gasteiger charge is -2.43. The predicted molar refractivity (Wildman–Crippen MR) is 76.7 cm³/mol. The zero-order chi connectivity index (χ0) is 15.6. The van der Waals surface area contributed by atoms with Crippen LogP contribution in [0, 0.1) is 10.1 Å². The number of carbonyl (C=O) groups excluding carboxylic acids is 1. The van der Waals surface area contributed by atoms with E-state index in [0.29, 0.717) is 25.1 Å². The van der Waals surface area contributed by atoms with Crippen molar-refractivity contribution < 1.29 is 19.6 Å². The second-order valence-electron chi connectivity index (χ2n) is 5.69. The first-order valence-electron chi connectivity index (χ1n) is 6.63. The summed E-state index contributed by atoms with van der Waals surface area (Å²) in [4.78, 5) is 23.3. The Kier molecular flexibility index (Phi) is 4.24. The first-order valence-corrected chi connectivity index (χ1v) is 6.63. The second-order valence-corrected chi connectivity index (χ2v) is 5.69. The molecule has 0 saturated carbocycles. The molecule has 1 saturated heterocycles. The molecule has 1 heterocycles. The number of anilines is 1. The van der Waals surface area contributed by atoms with Crippen LogP contribution in [-0.4, -0.2) is 47.7 Å². The van der Waals surface area contributed by atoms with Crippen molar-refractivity contribution in [1.82, 2.24) is 0 Å². The van der Waals surface area contributed by atoms with Crippen LogP contribution in [0.5, 0.6) is 0 Å². The van der Waals surface area contributed by atoms with Gasteiger partial charge in [-0.2, -0.15) is 0 Å². The van der Waals surface area contributed by atoms with Crippen LogP contribution >= 0.6 is 0 Å². The normalized spacial score (nSPS) is 21.1. The summed E-state index contributed by atoms with van der Waals surface area (Å²) in [5.74, 6) is 0. The fourth-order valence-corrected chi connectivity index (χ4v) is 2.60. The lowest BCUT2D eigenvalue weighted by Crippen LogP contribution is -2.54. The minimum atomic E-state index is -0.525. The third-order valence-corrected chi connectivity index (χ3v) is 3.36. The first-order chi connectivity index (χ1) is 9.86. The van der Waals surface area contributed by atoms with E-state index < -0.39 is 16.6 Å². The molecule has 114 valence electrons. The van der Waals surface area contributed by atoms with Gasteiger partial charge in [-0.15, -0.1) is 0 Å². The Morgan fingerprint density at radius 2 is 2.29 bits per heavy atom. The number of morpholine rings is 1. The fraction of sp³-hybridized carbons (Fsp3) is 0.500. The molecule has 1 unspecified atom stereocenters. The number of aliphatic hydroxyl groups is 1. The molecular weight excluding hydrogens is 276 g/mol. The van der Waals surface area contributed by atoms with Gasteiger partial charge in [-0.05, 0) is 26.0 Å². The second kappa shape index (κ2) is 5.79. The molecule has 1 N–H and O–H groups in total. The summed E-state index contributed by atoms with van der Waals surface area (Å²) in [7, 11) is 0.